The molecule has 1 aliphatic heterocycles. The van der Waals surface area contributed by atoms with Crippen LogP contribution >= 0.6 is 0 Å². The van der Waals surface area contributed by atoms with Crippen molar-refractivity contribution in [2.75, 3.05) is 13.2 Å². The summed E-state index contributed by atoms with van der Waals surface area (Å²) in [4.78, 5) is 0. The fraction of sp³-hybridized carbons (Fsp3) is 1.00. The first-order chi connectivity index (χ1) is 5.20. The van der Waals surface area contributed by atoms with Crippen molar-refractivity contribution in [3.8, 4) is 0 Å². The molecule has 1 rings (SSSR count). The van der Waals surface area contributed by atoms with Gasteiger partial charge in [-0.2, -0.15) is 0 Å². The highest BCUT2D eigenvalue weighted by Crippen LogP contribution is 2.10. The Morgan fingerprint density at radius 3 is 2.82 bits per heavy atom. The van der Waals surface area contributed by atoms with Crippen molar-refractivity contribution in [1.82, 2.24) is 5.32 Å². The summed E-state index contributed by atoms with van der Waals surface area (Å²) in [6.07, 6.45) is 1.56. The molecule has 1 fully saturated rings. The summed E-state index contributed by atoms with van der Waals surface area (Å²) >= 11 is 0. The molecule has 0 aromatic carbocycles. The number of hydrogen-bond acceptors (Lipinski definition) is 2. The number of rotatable bonds is 1. The van der Waals surface area contributed by atoms with E-state index >= 15 is 0 Å². The summed E-state index contributed by atoms with van der Waals surface area (Å²) in [6, 6.07) is 0.624. The van der Waals surface area contributed by atoms with Crippen molar-refractivity contribution in [3.63, 3.8) is 0 Å². The molecule has 0 radical (unpaired) electrons. The molecule has 1 aliphatic rings. The zero-order chi connectivity index (χ0) is 8.27. The van der Waals surface area contributed by atoms with E-state index in [4.69, 9.17) is 4.74 Å². The Balaban J connectivity index is 2.34. The minimum absolute atomic E-state index is 0.417. The van der Waals surface area contributed by atoms with E-state index in [1.165, 1.54) is 0 Å². The van der Waals surface area contributed by atoms with Gasteiger partial charge in [-0.1, -0.05) is 13.8 Å². The van der Waals surface area contributed by atoms with Crippen LogP contribution in [0.5, 0.6) is 0 Å². The lowest BCUT2D eigenvalue weighted by Gasteiger charge is -2.18. The van der Waals surface area contributed by atoms with Gasteiger partial charge in [0.05, 0.1) is 6.10 Å². The summed E-state index contributed by atoms with van der Waals surface area (Å²) in [5.74, 6) is 0.632. The molecule has 0 spiro atoms. The predicted octanol–water partition coefficient (Wildman–Crippen LogP) is 1.41. The van der Waals surface area contributed by atoms with E-state index in [1.807, 2.05) is 0 Å². The van der Waals surface area contributed by atoms with E-state index in [2.05, 4.69) is 26.1 Å². The Bertz CT molecular complexity index is 114. The highest BCUT2D eigenvalue weighted by atomic mass is 16.5. The van der Waals surface area contributed by atoms with E-state index in [0.29, 0.717) is 18.1 Å². The summed E-state index contributed by atoms with van der Waals surface area (Å²) in [5, 5.41) is 3.45. The van der Waals surface area contributed by atoms with Crippen LogP contribution in [0.1, 0.15) is 27.2 Å². The molecule has 0 amide bonds. The average Bonchev–Trinajstić information content (AvgIpc) is 2.13. The molecule has 0 aliphatic carbocycles. The second kappa shape index (κ2) is 4.07. The Kier molecular flexibility index (Phi) is 3.34. The SMILES string of the molecule is CC1CCOC(C(C)C)CN1. The van der Waals surface area contributed by atoms with Crippen LogP contribution in [0.15, 0.2) is 0 Å². The normalized spacial score (nSPS) is 33.8. The van der Waals surface area contributed by atoms with Crippen LogP contribution < -0.4 is 5.32 Å². The van der Waals surface area contributed by atoms with Crippen LogP contribution in [0.4, 0.5) is 0 Å². The Hall–Kier alpha value is -0.0800. The summed E-state index contributed by atoms with van der Waals surface area (Å²) in [6.45, 7) is 8.56. The van der Waals surface area contributed by atoms with Gasteiger partial charge in [0.2, 0.25) is 0 Å². The van der Waals surface area contributed by atoms with Gasteiger partial charge in [0, 0.05) is 19.2 Å². The Morgan fingerprint density at radius 2 is 2.18 bits per heavy atom. The lowest BCUT2D eigenvalue weighted by Crippen LogP contribution is -2.33. The zero-order valence-electron chi connectivity index (χ0n) is 7.76. The van der Waals surface area contributed by atoms with Crippen LogP contribution in [-0.2, 0) is 4.74 Å². The quantitative estimate of drug-likeness (QED) is 0.621. The van der Waals surface area contributed by atoms with E-state index in [-0.39, 0.29) is 0 Å². The molecule has 1 N–H and O–H groups in total. The van der Waals surface area contributed by atoms with Gasteiger partial charge in [-0.3, -0.25) is 0 Å². The fourth-order valence-corrected chi connectivity index (χ4v) is 1.30. The van der Waals surface area contributed by atoms with Gasteiger partial charge in [0.15, 0.2) is 0 Å². The first-order valence-corrected chi connectivity index (χ1v) is 4.55. The van der Waals surface area contributed by atoms with Gasteiger partial charge >= 0.3 is 0 Å². The highest BCUT2D eigenvalue weighted by molar-refractivity contribution is 4.72. The zero-order valence-corrected chi connectivity index (χ0v) is 7.76. The van der Waals surface area contributed by atoms with Gasteiger partial charge in [-0.15, -0.1) is 0 Å². The molecule has 11 heavy (non-hydrogen) atoms. The smallest absolute Gasteiger partial charge is 0.0722 e. The van der Waals surface area contributed by atoms with Crippen LogP contribution in [0.25, 0.3) is 0 Å². The Morgan fingerprint density at radius 1 is 1.45 bits per heavy atom. The van der Waals surface area contributed by atoms with E-state index in [0.717, 1.165) is 19.6 Å². The largest absolute Gasteiger partial charge is 0.377 e. The van der Waals surface area contributed by atoms with Crippen molar-refractivity contribution in [3.05, 3.63) is 0 Å². The second-order valence-electron chi connectivity index (χ2n) is 3.75. The molecule has 0 bridgehead atoms. The fourth-order valence-electron chi connectivity index (χ4n) is 1.30. The molecule has 1 heterocycles. The van der Waals surface area contributed by atoms with E-state index in [1.54, 1.807) is 0 Å². The molecule has 1 saturated heterocycles. The highest BCUT2D eigenvalue weighted by Gasteiger charge is 2.18. The van der Waals surface area contributed by atoms with Crippen LogP contribution in [-0.4, -0.2) is 25.3 Å². The molecular weight excluding hydrogens is 138 g/mol. The molecule has 2 unspecified atom stereocenters. The van der Waals surface area contributed by atoms with Gasteiger partial charge in [0.1, 0.15) is 0 Å². The minimum Gasteiger partial charge on any atom is -0.377 e. The van der Waals surface area contributed by atoms with Crippen molar-refractivity contribution >= 4 is 0 Å². The summed E-state index contributed by atoms with van der Waals surface area (Å²) < 4.78 is 5.67. The molecule has 2 nitrogen and oxygen atoms in total. The lowest BCUT2D eigenvalue weighted by atomic mass is 10.1. The minimum atomic E-state index is 0.417. The molecule has 2 atom stereocenters. The molecule has 0 aromatic heterocycles. The van der Waals surface area contributed by atoms with Crippen molar-refractivity contribution in [2.24, 2.45) is 5.92 Å². The number of ether oxygens (including phenoxy) is 1. The van der Waals surface area contributed by atoms with Crippen LogP contribution in [0, 0.1) is 5.92 Å². The third kappa shape index (κ3) is 2.80. The van der Waals surface area contributed by atoms with Crippen molar-refractivity contribution in [1.29, 1.82) is 0 Å². The first kappa shape index (κ1) is 9.01. The molecular formula is C9H19NO. The third-order valence-corrected chi connectivity index (χ3v) is 2.29. The summed E-state index contributed by atoms with van der Waals surface area (Å²) in [5.41, 5.74) is 0. The predicted molar refractivity (Wildman–Crippen MR) is 46.7 cm³/mol. The van der Waals surface area contributed by atoms with Crippen LogP contribution in [0.2, 0.25) is 0 Å². The van der Waals surface area contributed by atoms with E-state index in [9.17, 15) is 0 Å². The monoisotopic (exact) mass is 157 g/mol. The van der Waals surface area contributed by atoms with Crippen molar-refractivity contribution < 1.29 is 4.74 Å². The third-order valence-electron chi connectivity index (χ3n) is 2.29. The molecule has 0 aromatic rings. The lowest BCUT2D eigenvalue weighted by molar-refractivity contribution is 0.0354. The summed E-state index contributed by atoms with van der Waals surface area (Å²) in [7, 11) is 0. The molecule has 2 heteroatoms. The second-order valence-corrected chi connectivity index (χ2v) is 3.75. The maximum Gasteiger partial charge on any atom is 0.0722 e. The number of hydrogen-bond donors (Lipinski definition) is 1. The topological polar surface area (TPSA) is 21.3 Å². The van der Waals surface area contributed by atoms with Crippen molar-refractivity contribution in [2.45, 2.75) is 39.3 Å². The molecule has 0 saturated carbocycles. The number of nitrogens with one attached hydrogen (secondary N) is 1. The Labute approximate surface area is 69.3 Å². The maximum atomic E-state index is 5.67. The maximum absolute atomic E-state index is 5.67. The average molecular weight is 157 g/mol. The van der Waals surface area contributed by atoms with Gasteiger partial charge in [0.25, 0.3) is 0 Å². The van der Waals surface area contributed by atoms with E-state index < -0.39 is 0 Å². The van der Waals surface area contributed by atoms with Gasteiger partial charge in [-0.25, -0.2) is 0 Å². The standard InChI is InChI=1S/C9H19NO/c1-7(2)9-6-10-8(3)4-5-11-9/h7-10H,4-6H2,1-3H3. The first-order valence-electron chi connectivity index (χ1n) is 4.55. The van der Waals surface area contributed by atoms with Gasteiger partial charge < -0.3 is 10.1 Å². The van der Waals surface area contributed by atoms with Crippen LogP contribution in [0.3, 0.4) is 0 Å². The van der Waals surface area contributed by atoms with Gasteiger partial charge in [-0.05, 0) is 19.3 Å². The molecule has 66 valence electrons.